The van der Waals surface area contributed by atoms with Crippen molar-refractivity contribution in [2.75, 3.05) is 11.5 Å². The van der Waals surface area contributed by atoms with Crippen molar-refractivity contribution in [3.8, 4) is 0 Å². The molecule has 0 N–H and O–H groups in total. The molecule has 2 heterocycles. The van der Waals surface area contributed by atoms with Crippen molar-refractivity contribution < 1.29 is 14.3 Å². The highest BCUT2D eigenvalue weighted by molar-refractivity contribution is 6.01. The summed E-state index contributed by atoms with van der Waals surface area (Å²) in [6.07, 6.45) is 6.58. The summed E-state index contributed by atoms with van der Waals surface area (Å²) in [4.78, 5) is 26.7. The fraction of sp³-hybridized carbons (Fsp3) is 0.524. The molecule has 5 rings (SSSR count). The molecule has 25 heavy (non-hydrogen) atoms. The van der Waals surface area contributed by atoms with E-state index in [9.17, 15) is 9.59 Å². The van der Waals surface area contributed by atoms with Gasteiger partial charge in [-0.25, -0.2) is 0 Å². The Morgan fingerprint density at radius 3 is 2.84 bits per heavy atom. The molecule has 1 amide bonds. The van der Waals surface area contributed by atoms with Crippen molar-refractivity contribution in [3.05, 3.63) is 42.0 Å². The number of fused-ring (bicyclic) bond motifs is 9. The Balaban J connectivity index is 1.60. The van der Waals surface area contributed by atoms with Crippen LogP contribution in [0.25, 0.3) is 0 Å². The molecule has 2 fully saturated rings. The van der Waals surface area contributed by atoms with Gasteiger partial charge in [0.2, 0.25) is 5.91 Å². The van der Waals surface area contributed by atoms with Crippen molar-refractivity contribution in [3.63, 3.8) is 0 Å². The first-order valence-corrected chi connectivity index (χ1v) is 9.24. The molecule has 4 heteroatoms. The van der Waals surface area contributed by atoms with Gasteiger partial charge < -0.3 is 9.64 Å². The van der Waals surface area contributed by atoms with E-state index < -0.39 is 0 Å². The van der Waals surface area contributed by atoms with E-state index in [1.807, 2.05) is 12.1 Å². The van der Waals surface area contributed by atoms with Crippen LogP contribution in [0, 0.1) is 23.7 Å². The molecule has 2 aliphatic heterocycles. The molecule has 0 spiro atoms. The minimum Gasteiger partial charge on any atom is -0.465 e. The van der Waals surface area contributed by atoms with Crippen LogP contribution in [0.5, 0.6) is 0 Å². The second-order valence-electron chi connectivity index (χ2n) is 8.39. The Labute approximate surface area is 147 Å². The highest BCUT2D eigenvalue weighted by atomic mass is 16.5. The van der Waals surface area contributed by atoms with E-state index in [1.165, 1.54) is 6.92 Å². The number of rotatable bonds is 2. The number of nitrogens with zero attached hydrogens (tertiary/aromatic N) is 1. The smallest absolute Gasteiger partial charge is 0.302 e. The van der Waals surface area contributed by atoms with Gasteiger partial charge in [-0.15, -0.1) is 0 Å². The van der Waals surface area contributed by atoms with Crippen molar-refractivity contribution in [2.24, 2.45) is 23.7 Å². The van der Waals surface area contributed by atoms with E-state index >= 15 is 0 Å². The third kappa shape index (κ3) is 1.94. The lowest BCUT2D eigenvalue weighted by Crippen LogP contribution is -2.49. The highest BCUT2D eigenvalue weighted by Crippen LogP contribution is 2.59. The number of hydrogen-bond donors (Lipinski definition) is 0. The van der Waals surface area contributed by atoms with E-state index in [0.717, 1.165) is 24.1 Å². The molecule has 1 saturated heterocycles. The number of ether oxygens (including phenoxy) is 1. The third-order valence-corrected chi connectivity index (χ3v) is 6.89. The lowest BCUT2D eigenvalue weighted by molar-refractivity contribution is -0.143. The maximum absolute atomic E-state index is 13.3. The number of hydrogen-bond acceptors (Lipinski definition) is 3. The molecule has 1 saturated carbocycles. The molecule has 1 aromatic carbocycles. The number of amides is 1. The maximum Gasteiger partial charge on any atom is 0.302 e. The van der Waals surface area contributed by atoms with Gasteiger partial charge in [-0.1, -0.05) is 37.3 Å². The van der Waals surface area contributed by atoms with Gasteiger partial charge in [-0.3, -0.25) is 9.59 Å². The van der Waals surface area contributed by atoms with Crippen LogP contribution in [0.2, 0.25) is 0 Å². The summed E-state index contributed by atoms with van der Waals surface area (Å²) >= 11 is 0. The molecule has 4 aliphatic rings. The zero-order chi connectivity index (χ0) is 17.3. The lowest BCUT2D eigenvalue weighted by Gasteiger charge is -2.45. The Bertz CT molecular complexity index is 800. The summed E-state index contributed by atoms with van der Waals surface area (Å²) in [5.74, 6) is 1.55. The molecule has 130 valence electrons. The number of allylic oxidation sites excluding steroid dienone is 2. The molecule has 1 unspecified atom stereocenters. The normalized spacial score (nSPS) is 40.0. The lowest BCUT2D eigenvalue weighted by atomic mass is 9.70. The third-order valence-electron chi connectivity index (χ3n) is 6.89. The molecule has 4 nitrogen and oxygen atoms in total. The fourth-order valence-corrected chi connectivity index (χ4v) is 5.92. The van der Waals surface area contributed by atoms with Crippen LogP contribution in [-0.4, -0.2) is 24.5 Å². The predicted octanol–water partition coefficient (Wildman–Crippen LogP) is 3.06. The van der Waals surface area contributed by atoms with E-state index in [4.69, 9.17) is 4.74 Å². The molecule has 0 radical (unpaired) electrons. The van der Waals surface area contributed by atoms with Crippen LogP contribution in [0.4, 0.5) is 5.69 Å². The molecule has 0 aromatic heterocycles. The summed E-state index contributed by atoms with van der Waals surface area (Å²) in [7, 11) is 0. The number of anilines is 1. The maximum atomic E-state index is 13.3. The van der Waals surface area contributed by atoms with Crippen molar-refractivity contribution in [2.45, 2.75) is 38.1 Å². The van der Waals surface area contributed by atoms with E-state index in [-0.39, 0.29) is 23.3 Å². The monoisotopic (exact) mass is 337 g/mol. The van der Waals surface area contributed by atoms with E-state index in [2.05, 4.69) is 36.1 Å². The second-order valence-corrected chi connectivity index (χ2v) is 8.39. The number of benzene rings is 1. The van der Waals surface area contributed by atoms with Gasteiger partial charge in [0.15, 0.2) is 0 Å². The Hall–Kier alpha value is -2.10. The summed E-state index contributed by atoms with van der Waals surface area (Å²) in [6.45, 7) is 4.01. The quantitative estimate of drug-likeness (QED) is 0.615. The topological polar surface area (TPSA) is 46.6 Å². The van der Waals surface area contributed by atoms with Crippen LogP contribution in [-0.2, 0) is 19.7 Å². The average molecular weight is 337 g/mol. The van der Waals surface area contributed by atoms with Crippen LogP contribution >= 0.6 is 0 Å². The standard InChI is InChI=1S/C21H23NO3/c1-12(23)25-11-21(2)10-17-18-13-7-8-14(9-13)19(18)20(24)22(17)16-6-4-3-5-15(16)21/h3-8,13-14,17-19H,9-11H2,1-2H3/t13-,14+,17+,18+,19+,21?/m0/s1. The largest absolute Gasteiger partial charge is 0.465 e. The van der Waals surface area contributed by atoms with Gasteiger partial charge >= 0.3 is 5.97 Å². The van der Waals surface area contributed by atoms with Crippen LogP contribution in [0.15, 0.2) is 36.4 Å². The molecule has 6 atom stereocenters. The minimum absolute atomic E-state index is 0.143. The van der Waals surface area contributed by atoms with Crippen molar-refractivity contribution in [1.29, 1.82) is 0 Å². The Kier molecular flexibility index (Phi) is 3.01. The summed E-state index contributed by atoms with van der Waals surface area (Å²) in [5.41, 5.74) is 1.90. The summed E-state index contributed by atoms with van der Waals surface area (Å²) < 4.78 is 5.43. The Morgan fingerprint density at radius 2 is 2.04 bits per heavy atom. The van der Waals surface area contributed by atoms with Gasteiger partial charge in [0.25, 0.3) is 0 Å². The highest BCUT2D eigenvalue weighted by Gasteiger charge is 2.62. The van der Waals surface area contributed by atoms with E-state index in [0.29, 0.717) is 30.3 Å². The first-order valence-electron chi connectivity index (χ1n) is 9.24. The summed E-state index contributed by atoms with van der Waals surface area (Å²) in [6, 6.07) is 8.37. The minimum atomic E-state index is -0.246. The van der Waals surface area contributed by atoms with Crippen molar-refractivity contribution in [1.82, 2.24) is 0 Å². The number of para-hydroxylation sites is 1. The summed E-state index contributed by atoms with van der Waals surface area (Å²) in [5, 5.41) is 0. The van der Waals surface area contributed by atoms with E-state index in [1.54, 1.807) is 0 Å². The van der Waals surface area contributed by atoms with Crippen LogP contribution in [0.1, 0.15) is 32.3 Å². The van der Waals surface area contributed by atoms with Gasteiger partial charge in [0.05, 0.1) is 5.92 Å². The van der Waals surface area contributed by atoms with Gasteiger partial charge in [0.1, 0.15) is 6.61 Å². The van der Waals surface area contributed by atoms with Crippen molar-refractivity contribution >= 4 is 17.6 Å². The van der Waals surface area contributed by atoms with Crippen LogP contribution in [0.3, 0.4) is 0 Å². The SMILES string of the molecule is CC(=O)OCC1(C)C[C@@H]2[C@@H]3[C@H](C(=O)N2c2ccccc21)[C@@H]1C=C[C@H]3C1. The van der Waals surface area contributed by atoms with Gasteiger partial charge in [0, 0.05) is 24.1 Å². The number of esters is 1. The first-order chi connectivity index (χ1) is 12.0. The predicted molar refractivity (Wildman–Crippen MR) is 94.0 cm³/mol. The fourth-order valence-electron chi connectivity index (χ4n) is 5.92. The number of carbonyl (C=O) groups excluding carboxylic acids is 2. The molecule has 2 aliphatic carbocycles. The zero-order valence-electron chi connectivity index (χ0n) is 14.6. The van der Waals surface area contributed by atoms with Gasteiger partial charge in [-0.2, -0.15) is 0 Å². The molecular formula is C21H23NO3. The molecular weight excluding hydrogens is 314 g/mol. The van der Waals surface area contributed by atoms with Crippen LogP contribution < -0.4 is 4.90 Å². The Morgan fingerprint density at radius 1 is 1.28 bits per heavy atom. The second kappa shape index (κ2) is 4.96. The molecule has 2 bridgehead atoms. The number of carbonyl (C=O) groups is 2. The first kappa shape index (κ1) is 15.2. The molecule has 1 aromatic rings. The van der Waals surface area contributed by atoms with Gasteiger partial charge in [-0.05, 0) is 42.2 Å². The average Bonchev–Trinajstić information content (AvgIpc) is 3.27. The zero-order valence-corrected chi connectivity index (χ0v) is 14.6.